The Hall–Kier alpha value is -2.35. The van der Waals surface area contributed by atoms with Gasteiger partial charge in [-0.1, -0.05) is 42.1 Å². The highest BCUT2D eigenvalue weighted by Gasteiger charge is 2.27. The van der Waals surface area contributed by atoms with Crippen molar-refractivity contribution in [1.82, 2.24) is 20.1 Å². The molecule has 2 aromatic rings. The Balaban J connectivity index is 1.56. The summed E-state index contributed by atoms with van der Waals surface area (Å²) in [6.07, 6.45) is 1.21. The Labute approximate surface area is 156 Å². The Bertz CT molecular complexity index is 774. The number of carbonyl (C=O) groups excluding carboxylic acids is 2. The molecule has 1 heterocycles. The first-order valence-electron chi connectivity index (χ1n) is 8.69. The summed E-state index contributed by atoms with van der Waals surface area (Å²) in [4.78, 5) is 23.9. The van der Waals surface area contributed by atoms with Crippen molar-refractivity contribution < 1.29 is 14.3 Å². The molecule has 0 saturated heterocycles. The number of aromatic nitrogens is 3. The average Bonchev–Trinajstić information content (AvgIpc) is 3.36. The Morgan fingerprint density at radius 1 is 1.31 bits per heavy atom. The van der Waals surface area contributed by atoms with Crippen molar-refractivity contribution in [2.45, 2.75) is 50.5 Å². The zero-order valence-corrected chi connectivity index (χ0v) is 15.7. The molecule has 1 aliphatic carbocycles. The number of benzene rings is 1. The van der Waals surface area contributed by atoms with E-state index in [0.717, 1.165) is 24.2 Å². The lowest BCUT2D eigenvalue weighted by atomic mass is 10.2. The minimum Gasteiger partial charge on any atom is -0.452 e. The highest BCUT2D eigenvalue weighted by atomic mass is 32.2. The predicted octanol–water partition coefficient (Wildman–Crippen LogP) is 2.27. The van der Waals surface area contributed by atoms with E-state index in [4.69, 9.17) is 4.74 Å². The third-order valence-electron chi connectivity index (χ3n) is 3.99. The fraction of sp³-hybridized carbons (Fsp3) is 0.444. The molecule has 1 aliphatic rings. The van der Waals surface area contributed by atoms with Gasteiger partial charge >= 0.3 is 5.97 Å². The van der Waals surface area contributed by atoms with Gasteiger partial charge in [-0.05, 0) is 26.7 Å². The minimum atomic E-state index is -0.785. The third-order valence-corrected chi connectivity index (χ3v) is 4.93. The Morgan fingerprint density at radius 3 is 2.69 bits per heavy atom. The van der Waals surface area contributed by atoms with Crippen LogP contribution < -0.4 is 5.32 Å². The molecule has 0 spiro atoms. The number of nitrogens with zero attached hydrogens (tertiary/aromatic N) is 3. The van der Waals surface area contributed by atoms with Crippen LogP contribution in [0, 0.1) is 0 Å². The zero-order valence-electron chi connectivity index (χ0n) is 14.8. The maximum atomic E-state index is 12.0. The first-order valence-corrected chi connectivity index (χ1v) is 9.68. The second-order valence-electron chi connectivity index (χ2n) is 6.12. The lowest BCUT2D eigenvalue weighted by molar-refractivity contribution is -0.152. The summed E-state index contributed by atoms with van der Waals surface area (Å²) in [6.45, 7) is 4.28. The van der Waals surface area contributed by atoms with Crippen LogP contribution in [0.25, 0.3) is 11.4 Å². The molecule has 1 aromatic carbocycles. The first-order chi connectivity index (χ1) is 12.6. The van der Waals surface area contributed by atoms with Gasteiger partial charge < -0.3 is 14.6 Å². The van der Waals surface area contributed by atoms with Crippen LogP contribution >= 0.6 is 11.8 Å². The highest BCUT2D eigenvalue weighted by molar-refractivity contribution is 7.99. The summed E-state index contributed by atoms with van der Waals surface area (Å²) < 4.78 is 7.15. The number of esters is 1. The van der Waals surface area contributed by atoms with Gasteiger partial charge in [0.15, 0.2) is 17.1 Å². The van der Waals surface area contributed by atoms with E-state index in [9.17, 15) is 9.59 Å². The van der Waals surface area contributed by atoms with Gasteiger partial charge in [-0.2, -0.15) is 0 Å². The van der Waals surface area contributed by atoms with Crippen molar-refractivity contribution in [3.05, 3.63) is 30.3 Å². The molecule has 7 nitrogen and oxygen atoms in total. The van der Waals surface area contributed by atoms with Crippen molar-refractivity contribution in [3.63, 3.8) is 0 Å². The average molecular weight is 374 g/mol. The van der Waals surface area contributed by atoms with Crippen molar-refractivity contribution >= 4 is 23.6 Å². The molecule has 1 amide bonds. The van der Waals surface area contributed by atoms with E-state index in [1.165, 1.54) is 11.8 Å². The standard InChI is InChI=1S/C18H22N4O3S/c1-3-22-16(13-7-5-4-6-8-13)20-21-18(22)26-11-15(23)25-12(2)17(24)19-14-9-10-14/h4-8,12,14H,3,9-11H2,1-2H3,(H,19,24)/t12-/m1/s1. The van der Waals surface area contributed by atoms with Gasteiger partial charge in [0, 0.05) is 18.2 Å². The van der Waals surface area contributed by atoms with Crippen LogP contribution in [-0.4, -0.2) is 44.5 Å². The van der Waals surface area contributed by atoms with Crippen molar-refractivity contribution in [1.29, 1.82) is 0 Å². The molecule has 3 rings (SSSR count). The molecule has 138 valence electrons. The summed E-state index contributed by atoms with van der Waals surface area (Å²) in [5.74, 6) is 0.156. The number of hydrogen-bond donors (Lipinski definition) is 1. The summed E-state index contributed by atoms with van der Waals surface area (Å²) in [5.41, 5.74) is 0.974. The van der Waals surface area contributed by atoms with Crippen LogP contribution in [0.1, 0.15) is 26.7 Å². The zero-order chi connectivity index (χ0) is 18.5. The molecule has 1 atom stereocenters. The lowest BCUT2D eigenvalue weighted by Crippen LogP contribution is -2.37. The van der Waals surface area contributed by atoms with Crippen LogP contribution in [0.5, 0.6) is 0 Å². The van der Waals surface area contributed by atoms with E-state index in [1.807, 2.05) is 41.8 Å². The second kappa shape index (κ2) is 8.35. The number of ether oxygens (including phenoxy) is 1. The Morgan fingerprint density at radius 2 is 2.04 bits per heavy atom. The quantitative estimate of drug-likeness (QED) is 0.563. The van der Waals surface area contributed by atoms with Crippen molar-refractivity contribution in [2.75, 3.05) is 5.75 Å². The van der Waals surface area contributed by atoms with Gasteiger partial charge in [0.2, 0.25) is 0 Å². The van der Waals surface area contributed by atoms with Crippen molar-refractivity contribution in [2.24, 2.45) is 0 Å². The second-order valence-corrected chi connectivity index (χ2v) is 7.06. The van der Waals surface area contributed by atoms with Crippen LogP contribution in [0.15, 0.2) is 35.5 Å². The molecule has 1 saturated carbocycles. The largest absolute Gasteiger partial charge is 0.452 e. The van der Waals surface area contributed by atoms with E-state index < -0.39 is 12.1 Å². The van der Waals surface area contributed by atoms with E-state index in [0.29, 0.717) is 11.7 Å². The molecule has 0 aliphatic heterocycles. The number of thioether (sulfide) groups is 1. The molecule has 0 radical (unpaired) electrons. The lowest BCUT2D eigenvalue weighted by Gasteiger charge is -2.13. The predicted molar refractivity (Wildman–Crippen MR) is 98.6 cm³/mol. The molecular weight excluding hydrogens is 352 g/mol. The van der Waals surface area contributed by atoms with Gasteiger partial charge in [0.05, 0.1) is 5.75 Å². The fourth-order valence-electron chi connectivity index (χ4n) is 2.44. The molecule has 1 N–H and O–H groups in total. The molecule has 26 heavy (non-hydrogen) atoms. The maximum Gasteiger partial charge on any atom is 0.317 e. The van der Waals surface area contributed by atoms with Gasteiger partial charge in [0.25, 0.3) is 5.91 Å². The van der Waals surface area contributed by atoms with Crippen LogP contribution in [0.3, 0.4) is 0 Å². The molecule has 1 aromatic heterocycles. The summed E-state index contributed by atoms with van der Waals surface area (Å²) >= 11 is 1.26. The van der Waals surface area contributed by atoms with Crippen LogP contribution in [-0.2, 0) is 20.9 Å². The van der Waals surface area contributed by atoms with Gasteiger partial charge in [-0.3, -0.25) is 9.59 Å². The number of carbonyl (C=O) groups is 2. The minimum absolute atomic E-state index is 0.0774. The fourth-order valence-corrected chi connectivity index (χ4v) is 3.22. The van der Waals surface area contributed by atoms with Gasteiger partial charge in [0.1, 0.15) is 0 Å². The highest BCUT2D eigenvalue weighted by Crippen LogP contribution is 2.24. The smallest absolute Gasteiger partial charge is 0.317 e. The molecule has 8 heteroatoms. The molecular formula is C18H22N4O3S. The van der Waals surface area contributed by atoms with Crippen molar-refractivity contribution in [3.8, 4) is 11.4 Å². The molecule has 0 bridgehead atoms. The number of nitrogens with one attached hydrogen (secondary N) is 1. The summed E-state index contributed by atoms with van der Waals surface area (Å²) in [5, 5.41) is 11.9. The molecule has 0 unspecified atom stereocenters. The van der Waals surface area contributed by atoms with E-state index in [2.05, 4.69) is 15.5 Å². The number of hydrogen-bond acceptors (Lipinski definition) is 6. The third kappa shape index (κ3) is 4.63. The van der Waals surface area contributed by atoms with Crippen LogP contribution in [0.4, 0.5) is 0 Å². The normalized spacial score (nSPS) is 14.7. The van der Waals surface area contributed by atoms with Crippen LogP contribution in [0.2, 0.25) is 0 Å². The van der Waals surface area contributed by atoms with Gasteiger partial charge in [-0.15, -0.1) is 10.2 Å². The first kappa shape index (κ1) is 18.4. The van der Waals surface area contributed by atoms with E-state index >= 15 is 0 Å². The molecule has 1 fully saturated rings. The summed E-state index contributed by atoms with van der Waals surface area (Å²) in [6, 6.07) is 10.0. The summed E-state index contributed by atoms with van der Waals surface area (Å²) in [7, 11) is 0. The van der Waals surface area contributed by atoms with E-state index in [-0.39, 0.29) is 17.7 Å². The maximum absolute atomic E-state index is 12.0. The van der Waals surface area contributed by atoms with E-state index in [1.54, 1.807) is 6.92 Å². The monoisotopic (exact) mass is 374 g/mol. The van der Waals surface area contributed by atoms with Gasteiger partial charge in [-0.25, -0.2) is 0 Å². The number of amides is 1. The number of rotatable bonds is 8. The SMILES string of the molecule is CCn1c(SCC(=O)O[C@H](C)C(=O)NC2CC2)nnc1-c1ccccc1. The Kier molecular flexibility index (Phi) is 5.92. The topological polar surface area (TPSA) is 86.1 Å².